The third kappa shape index (κ3) is 1.64. The van der Waals surface area contributed by atoms with Crippen LogP contribution in [0.2, 0.25) is 0 Å². The number of aromatic amines is 1. The van der Waals surface area contributed by atoms with Crippen LogP contribution in [0, 0.1) is 11.6 Å². The van der Waals surface area contributed by atoms with E-state index in [0.717, 1.165) is 12.1 Å². The van der Waals surface area contributed by atoms with E-state index < -0.39 is 11.6 Å². The summed E-state index contributed by atoms with van der Waals surface area (Å²) in [5.41, 5.74) is 0.840. The molecular formula is C11H9F2N5. The summed E-state index contributed by atoms with van der Waals surface area (Å²) in [6, 6.07) is 1.97. The van der Waals surface area contributed by atoms with Crippen LogP contribution in [0.1, 0.15) is 18.8 Å². The normalized spacial score (nSPS) is 13.1. The maximum absolute atomic E-state index is 13.1. The lowest BCUT2D eigenvalue weighted by Crippen LogP contribution is -2.08. The van der Waals surface area contributed by atoms with Crippen molar-refractivity contribution in [2.45, 2.75) is 13.0 Å². The molecule has 0 spiro atoms. The number of imidazole rings is 1. The molecule has 0 radical (unpaired) electrons. The minimum atomic E-state index is -0.908. The average molecular weight is 249 g/mol. The lowest BCUT2D eigenvalue weighted by molar-refractivity contribution is 0.510. The van der Waals surface area contributed by atoms with Gasteiger partial charge >= 0.3 is 0 Å². The smallest absolute Gasteiger partial charge is 0.161 e. The first kappa shape index (κ1) is 10.8. The molecule has 1 N–H and O–H groups in total. The third-order valence-electron chi connectivity index (χ3n) is 2.77. The van der Waals surface area contributed by atoms with Crippen LogP contribution in [0.25, 0.3) is 11.0 Å². The van der Waals surface area contributed by atoms with Crippen LogP contribution in [0.15, 0.2) is 24.8 Å². The number of hydrogen-bond donors (Lipinski definition) is 1. The summed E-state index contributed by atoms with van der Waals surface area (Å²) in [6.45, 7) is 1.86. The number of rotatable bonds is 2. The number of halogens is 2. The highest BCUT2D eigenvalue weighted by Gasteiger charge is 2.14. The zero-order valence-corrected chi connectivity index (χ0v) is 9.43. The van der Waals surface area contributed by atoms with Gasteiger partial charge in [-0.2, -0.15) is 5.10 Å². The van der Waals surface area contributed by atoms with Crippen molar-refractivity contribution in [1.29, 1.82) is 0 Å². The topological polar surface area (TPSA) is 59.4 Å². The summed E-state index contributed by atoms with van der Waals surface area (Å²) in [6.07, 6.45) is 2.97. The maximum atomic E-state index is 13.1. The molecule has 0 aliphatic carbocycles. The van der Waals surface area contributed by atoms with Crippen LogP contribution in [0.4, 0.5) is 8.78 Å². The van der Waals surface area contributed by atoms with Gasteiger partial charge in [0.1, 0.15) is 24.5 Å². The van der Waals surface area contributed by atoms with E-state index in [1.165, 1.54) is 6.33 Å². The van der Waals surface area contributed by atoms with Crippen LogP contribution in [-0.4, -0.2) is 24.7 Å². The van der Waals surface area contributed by atoms with Crippen molar-refractivity contribution in [1.82, 2.24) is 24.7 Å². The number of benzene rings is 1. The Hall–Kier alpha value is -2.31. The van der Waals surface area contributed by atoms with Crippen molar-refractivity contribution < 1.29 is 8.78 Å². The highest BCUT2D eigenvalue weighted by Crippen LogP contribution is 2.20. The van der Waals surface area contributed by atoms with Crippen LogP contribution < -0.4 is 0 Å². The molecule has 92 valence electrons. The molecule has 1 atom stereocenters. The van der Waals surface area contributed by atoms with Gasteiger partial charge in [-0.3, -0.25) is 0 Å². The molecule has 0 fully saturated rings. The molecule has 1 unspecified atom stereocenters. The molecule has 1 aromatic carbocycles. The summed E-state index contributed by atoms with van der Waals surface area (Å²) in [4.78, 5) is 11.0. The second-order valence-corrected chi connectivity index (χ2v) is 3.96. The number of aromatic nitrogens is 5. The highest BCUT2D eigenvalue weighted by molar-refractivity contribution is 5.75. The molecule has 2 aromatic heterocycles. The van der Waals surface area contributed by atoms with Crippen LogP contribution in [-0.2, 0) is 0 Å². The first-order chi connectivity index (χ1) is 8.65. The van der Waals surface area contributed by atoms with Crippen molar-refractivity contribution in [3.63, 3.8) is 0 Å². The molecule has 0 aliphatic heterocycles. The first-order valence-corrected chi connectivity index (χ1v) is 5.34. The lowest BCUT2D eigenvalue weighted by atomic mass is 10.3. The lowest BCUT2D eigenvalue weighted by Gasteiger charge is -2.06. The second-order valence-electron chi connectivity index (χ2n) is 3.96. The van der Waals surface area contributed by atoms with Crippen molar-refractivity contribution in [2.24, 2.45) is 0 Å². The fraction of sp³-hybridized carbons (Fsp3) is 0.182. The molecule has 0 saturated heterocycles. The Labute approximate surface area is 100 Å². The Morgan fingerprint density at radius 2 is 2.06 bits per heavy atom. The number of hydrogen-bond acceptors (Lipinski definition) is 3. The summed E-state index contributed by atoms with van der Waals surface area (Å²) in [5.74, 6) is -1.24. The van der Waals surface area contributed by atoms with Gasteiger partial charge in [0.2, 0.25) is 0 Å². The van der Waals surface area contributed by atoms with E-state index in [0.29, 0.717) is 16.9 Å². The van der Waals surface area contributed by atoms with E-state index >= 15 is 0 Å². The van der Waals surface area contributed by atoms with Gasteiger partial charge in [-0.1, -0.05) is 0 Å². The van der Waals surface area contributed by atoms with Crippen LogP contribution >= 0.6 is 0 Å². The fourth-order valence-electron chi connectivity index (χ4n) is 1.77. The van der Waals surface area contributed by atoms with E-state index in [1.54, 1.807) is 11.0 Å². The molecule has 5 nitrogen and oxygen atoms in total. The average Bonchev–Trinajstić information content (AvgIpc) is 2.97. The predicted octanol–water partition coefficient (Wildman–Crippen LogP) is 2.04. The maximum Gasteiger partial charge on any atom is 0.161 e. The third-order valence-corrected chi connectivity index (χ3v) is 2.77. The highest BCUT2D eigenvalue weighted by atomic mass is 19.2. The summed E-state index contributed by atoms with van der Waals surface area (Å²) in [7, 11) is 0. The molecule has 18 heavy (non-hydrogen) atoms. The van der Waals surface area contributed by atoms with Crippen molar-refractivity contribution in [3.05, 3.63) is 42.2 Å². The first-order valence-electron chi connectivity index (χ1n) is 5.34. The molecule has 0 saturated carbocycles. The van der Waals surface area contributed by atoms with Gasteiger partial charge in [-0.05, 0) is 6.92 Å². The number of fused-ring (bicyclic) bond motifs is 1. The van der Waals surface area contributed by atoms with Crippen molar-refractivity contribution in [2.75, 3.05) is 0 Å². The quantitative estimate of drug-likeness (QED) is 0.756. The van der Waals surface area contributed by atoms with E-state index in [2.05, 4.69) is 20.1 Å². The molecule has 0 aliphatic rings. The largest absolute Gasteiger partial charge is 0.340 e. The molecule has 0 bridgehead atoms. The minimum absolute atomic E-state index is 0.189. The molecule has 3 rings (SSSR count). The molecule has 7 heteroatoms. The second kappa shape index (κ2) is 3.86. The standard InChI is InChI=1S/C11H9F2N5/c1-6(18-5-14-4-15-18)11-16-9-2-7(12)8(13)3-10(9)17-11/h2-6H,1H3,(H,16,17). The monoisotopic (exact) mass is 249 g/mol. The summed E-state index contributed by atoms with van der Waals surface area (Å²) >= 11 is 0. The van der Waals surface area contributed by atoms with E-state index in [-0.39, 0.29) is 6.04 Å². The SMILES string of the molecule is CC(c1nc2cc(F)c(F)cc2[nH]1)n1cncn1. The number of nitrogens with zero attached hydrogens (tertiary/aromatic N) is 4. The van der Waals surface area contributed by atoms with Crippen molar-refractivity contribution in [3.8, 4) is 0 Å². The Bertz CT molecular complexity index is 650. The van der Waals surface area contributed by atoms with E-state index in [1.807, 2.05) is 6.92 Å². The van der Waals surface area contributed by atoms with E-state index in [4.69, 9.17) is 0 Å². The predicted molar refractivity (Wildman–Crippen MR) is 59.8 cm³/mol. The minimum Gasteiger partial charge on any atom is -0.340 e. The Morgan fingerprint density at radius 1 is 1.28 bits per heavy atom. The summed E-state index contributed by atoms with van der Waals surface area (Å²) < 4.78 is 27.8. The van der Waals surface area contributed by atoms with Gasteiger partial charge in [-0.15, -0.1) is 0 Å². The molecule has 0 amide bonds. The Morgan fingerprint density at radius 3 is 2.78 bits per heavy atom. The van der Waals surface area contributed by atoms with Gasteiger partial charge in [0, 0.05) is 12.1 Å². The fourth-order valence-corrected chi connectivity index (χ4v) is 1.77. The van der Waals surface area contributed by atoms with Crippen LogP contribution in [0.3, 0.4) is 0 Å². The van der Waals surface area contributed by atoms with Gasteiger partial charge in [0.25, 0.3) is 0 Å². The van der Waals surface area contributed by atoms with Gasteiger partial charge < -0.3 is 4.98 Å². The zero-order chi connectivity index (χ0) is 12.7. The molecule has 2 heterocycles. The zero-order valence-electron chi connectivity index (χ0n) is 9.43. The number of H-pyrrole nitrogens is 1. The Balaban J connectivity index is 2.08. The van der Waals surface area contributed by atoms with Crippen molar-refractivity contribution >= 4 is 11.0 Å². The van der Waals surface area contributed by atoms with E-state index in [9.17, 15) is 8.78 Å². The molecular weight excluding hydrogens is 240 g/mol. The van der Waals surface area contributed by atoms with Crippen LogP contribution in [0.5, 0.6) is 0 Å². The van der Waals surface area contributed by atoms with Gasteiger partial charge in [-0.25, -0.2) is 23.4 Å². The number of nitrogens with one attached hydrogen (secondary N) is 1. The Kier molecular flexibility index (Phi) is 2.32. The van der Waals surface area contributed by atoms with Gasteiger partial charge in [0.15, 0.2) is 11.6 Å². The van der Waals surface area contributed by atoms with Gasteiger partial charge in [0.05, 0.1) is 11.0 Å². The summed E-state index contributed by atoms with van der Waals surface area (Å²) in [5, 5.41) is 4.00. The molecule has 3 aromatic rings.